The Morgan fingerprint density at radius 1 is 1.30 bits per heavy atom. The lowest BCUT2D eigenvalue weighted by atomic mass is 10.2. The largest absolute Gasteiger partial charge is 0.379 e. The van der Waals surface area contributed by atoms with Gasteiger partial charge >= 0.3 is 0 Å². The summed E-state index contributed by atoms with van der Waals surface area (Å²) in [6.45, 7) is 9.43. The SMILES string of the molecule is CN=C(NCCCOCC1CCCO1)NCCCc1nnc(SC)n1CC(C)C.I. The molecule has 1 aromatic rings. The van der Waals surface area contributed by atoms with E-state index in [1.165, 1.54) is 0 Å². The number of hydrogen-bond donors (Lipinski definition) is 2. The number of aliphatic imine (C=N–C) groups is 1. The first-order valence-electron chi connectivity index (χ1n) is 10.7. The zero-order valence-corrected chi connectivity index (χ0v) is 22.0. The lowest BCUT2D eigenvalue weighted by Gasteiger charge is -2.14. The van der Waals surface area contributed by atoms with Crippen LogP contribution in [-0.2, 0) is 22.4 Å². The Bertz CT molecular complexity index is 608. The first-order valence-corrected chi connectivity index (χ1v) is 12.0. The van der Waals surface area contributed by atoms with Gasteiger partial charge in [-0.15, -0.1) is 34.2 Å². The second kappa shape index (κ2) is 16.1. The average molecular weight is 555 g/mol. The number of aromatic nitrogens is 3. The average Bonchev–Trinajstić information content (AvgIpc) is 3.35. The van der Waals surface area contributed by atoms with Crippen LogP contribution in [0.3, 0.4) is 0 Å². The first-order chi connectivity index (χ1) is 14.1. The summed E-state index contributed by atoms with van der Waals surface area (Å²) in [5.74, 6) is 2.47. The van der Waals surface area contributed by atoms with Crippen LogP contribution in [0.5, 0.6) is 0 Å². The summed E-state index contributed by atoms with van der Waals surface area (Å²) in [6.07, 6.45) is 7.47. The van der Waals surface area contributed by atoms with Gasteiger partial charge in [0.1, 0.15) is 5.82 Å². The van der Waals surface area contributed by atoms with Gasteiger partial charge in [-0.1, -0.05) is 25.6 Å². The number of guanidine groups is 1. The molecule has 0 bridgehead atoms. The van der Waals surface area contributed by atoms with Gasteiger partial charge in [0.15, 0.2) is 11.1 Å². The van der Waals surface area contributed by atoms with E-state index in [1.54, 1.807) is 18.8 Å². The molecule has 8 nitrogen and oxygen atoms in total. The normalized spacial score (nSPS) is 16.7. The molecule has 174 valence electrons. The summed E-state index contributed by atoms with van der Waals surface area (Å²) in [5.41, 5.74) is 0. The number of nitrogens with zero attached hydrogens (tertiary/aromatic N) is 4. The molecule has 0 aliphatic carbocycles. The topological polar surface area (TPSA) is 85.6 Å². The van der Waals surface area contributed by atoms with Gasteiger partial charge < -0.3 is 24.7 Å². The standard InChI is InChI=1S/C20H38N6O2S.HI/c1-16(2)14-26-18(24-25-20(26)29-4)9-5-10-22-19(21-3)23-11-7-12-27-15-17-8-6-13-28-17;/h16-17H,5-15H2,1-4H3,(H2,21,22,23);1H. The van der Waals surface area contributed by atoms with Crippen molar-refractivity contribution in [2.24, 2.45) is 10.9 Å². The predicted molar refractivity (Wildman–Crippen MR) is 134 cm³/mol. The first kappa shape index (κ1) is 27.4. The second-order valence-electron chi connectivity index (χ2n) is 7.70. The Hall–Kier alpha value is -0.590. The molecule has 0 aromatic carbocycles. The number of hydrogen-bond acceptors (Lipinski definition) is 6. The van der Waals surface area contributed by atoms with Crippen LogP contribution in [0.25, 0.3) is 0 Å². The Morgan fingerprint density at radius 3 is 2.70 bits per heavy atom. The van der Waals surface area contributed by atoms with Crippen molar-refractivity contribution in [2.75, 3.05) is 46.2 Å². The fraction of sp³-hybridized carbons (Fsp3) is 0.850. The van der Waals surface area contributed by atoms with E-state index in [9.17, 15) is 0 Å². The molecule has 10 heteroatoms. The number of ether oxygens (including phenoxy) is 2. The molecular formula is C20H39IN6O2S. The number of aryl methyl sites for hydroxylation is 1. The van der Waals surface area contributed by atoms with E-state index in [-0.39, 0.29) is 24.0 Å². The van der Waals surface area contributed by atoms with E-state index in [0.29, 0.717) is 18.6 Å². The highest BCUT2D eigenvalue weighted by atomic mass is 127. The quantitative estimate of drug-likeness (QED) is 0.128. The summed E-state index contributed by atoms with van der Waals surface area (Å²) < 4.78 is 13.5. The van der Waals surface area contributed by atoms with Gasteiger partial charge in [-0.25, -0.2) is 0 Å². The van der Waals surface area contributed by atoms with E-state index in [0.717, 1.165) is 81.9 Å². The Kier molecular flexibility index (Phi) is 14.7. The van der Waals surface area contributed by atoms with Gasteiger partial charge in [0.25, 0.3) is 0 Å². The number of nitrogens with one attached hydrogen (secondary N) is 2. The van der Waals surface area contributed by atoms with Crippen molar-refractivity contribution in [3.8, 4) is 0 Å². The Morgan fingerprint density at radius 2 is 2.07 bits per heavy atom. The molecule has 1 aromatic heterocycles. The molecular weight excluding hydrogens is 515 g/mol. The minimum absolute atomic E-state index is 0. The van der Waals surface area contributed by atoms with Crippen LogP contribution in [0, 0.1) is 5.92 Å². The van der Waals surface area contributed by atoms with Gasteiger partial charge in [-0.05, 0) is 37.9 Å². The van der Waals surface area contributed by atoms with Crippen molar-refractivity contribution >= 4 is 41.7 Å². The van der Waals surface area contributed by atoms with Crippen LogP contribution in [0.2, 0.25) is 0 Å². The molecule has 2 heterocycles. The van der Waals surface area contributed by atoms with Crippen LogP contribution in [0.4, 0.5) is 0 Å². The maximum atomic E-state index is 5.69. The molecule has 0 saturated carbocycles. The molecule has 1 atom stereocenters. The van der Waals surface area contributed by atoms with Gasteiger partial charge in [0.05, 0.1) is 12.7 Å². The van der Waals surface area contributed by atoms with Crippen molar-refractivity contribution in [2.45, 2.75) is 63.8 Å². The number of thioether (sulfide) groups is 1. The van der Waals surface area contributed by atoms with Crippen LogP contribution in [0.1, 0.15) is 45.4 Å². The van der Waals surface area contributed by atoms with E-state index in [4.69, 9.17) is 9.47 Å². The zero-order chi connectivity index (χ0) is 20.9. The summed E-state index contributed by atoms with van der Waals surface area (Å²) in [5, 5.41) is 16.4. The molecule has 1 unspecified atom stereocenters. The zero-order valence-electron chi connectivity index (χ0n) is 18.9. The molecule has 30 heavy (non-hydrogen) atoms. The Balaban J connectivity index is 0.00000450. The monoisotopic (exact) mass is 554 g/mol. The lowest BCUT2D eigenvalue weighted by molar-refractivity contribution is 0.0168. The summed E-state index contributed by atoms with van der Waals surface area (Å²) >= 11 is 1.66. The minimum atomic E-state index is 0. The highest BCUT2D eigenvalue weighted by Gasteiger charge is 2.15. The predicted octanol–water partition coefficient (Wildman–Crippen LogP) is 2.96. The molecule has 2 N–H and O–H groups in total. The molecule has 1 saturated heterocycles. The van der Waals surface area contributed by atoms with E-state index in [1.807, 2.05) is 0 Å². The van der Waals surface area contributed by atoms with E-state index in [2.05, 4.69) is 50.5 Å². The highest BCUT2D eigenvalue weighted by Crippen LogP contribution is 2.16. The molecule has 1 fully saturated rings. The minimum Gasteiger partial charge on any atom is -0.379 e. The van der Waals surface area contributed by atoms with Crippen LogP contribution >= 0.6 is 35.7 Å². The third kappa shape index (κ3) is 10.1. The van der Waals surface area contributed by atoms with Crippen molar-refractivity contribution in [1.29, 1.82) is 0 Å². The van der Waals surface area contributed by atoms with Crippen LogP contribution < -0.4 is 10.6 Å². The molecule has 0 radical (unpaired) electrons. The third-order valence-electron chi connectivity index (χ3n) is 4.70. The van der Waals surface area contributed by atoms with E-state index >= 15 is 0 Å². The smallest absolute Gasteiger partial charge is 0.190 e. The van der Waals surface area contributed by atoms with Gasteiger partial charge in [0, 0.05) is 46.3 Å². The van der Waals surface area contributed by atoms with Crippen molar-refractivity contribution in [3.63, 3.8) is 0 Å². The van der Waals surface area contributed by atoms with Gasteiger partial charge in [-0.2, -0.15) is 0 Å². The molecule has 2 rings (SSSR count). The summed E-state index contributed by atoms with van der Waals surface area (Å²) in [7, 11) is 1.80. The molecule has 1 aliphatic heterocycles. The summed E-state index contributed by atoms with van der Waals surface area (Å²) in [6, 6.07) is 0. The maximum absolute atomic E-state index is 5.69. The second-order valence-corrected chi connectivity index (χ2v) is 8.47. The third-order valence-corrected chi connectivity index (χ3v) is 5.37. The van der Waals surface area contributed by atoms with Crippen molar-refractivity contribution < 1.29 is 9.47 Å². The van der Waals surface area contributed by atoms with Gasteiger partial charge in [0.2, 0.25) is 0 Å². The van der Waals surface area contributed by atoms with E-state index < -0.39 is 0 Å². The van der Waals surface area contributed by atoms with Crippen LogP contribution in [-0.4, -0.2) is 73.0 Å². The maximum Gasteiger partial charge on any atom is 0.190 e. The number of rotatable bonds is 13. The highest BCUT2D eigenvalue weighted by molar-refractivity contribution is 14.0. The molecule has 0 spiro atoms. The van der Waals surface area contributed by atoms with Crippen molar-refractivity contribution in [1.82, 2.24) is 25.4 Å². The van der Waals surface area contributed by atoms with Crippen LogP contribution in [0.15, 0.2) is 10.1 Å². The Labute approximate surface area is 202 Å². The summed E-state index contributed by atoms with van der Waals surface area (Å²) in [4.78, 5) is 4.28. The lowest BCUT2D eigenvalue weighted by Crippen LogP contribution is -2.38. The van der Waals surface area contributed by atoms with Crippen molar-refractivity contribution in [3.05, 3.63) is 5.82 Å². The molecule has 1 aliphatic rings. The van der Waals surface area contributed by atoms with Gasteiger partial charge in [-0.3, -0.25) is 4.99 Å². The number of halogens is 1. The fourth-order valence-corrected chi connectivity index (χ4v) is 3.77. The molecule has 0 amide bonds. The fourth-order valence-electron chi connectivity index (χ4n) is 3.25.